The predicted octanol–water partition coefficient (Wildman–Crippen LogP) is 9.69. The molecule has 382 valence electrons. The molecule has 6 aromatic carbocycles. The van der Waals surface area contributed by atoms with E-state index in [0.717, 1.165) is 69.4 Å². The van der Waals surface area contributed by atoms with Crippen molar-refractivity contribution in [1.29, 1.82) is 0 Å². The van der Waals surface area contributed by atoms with Gasteiger partial charge in [0.2, 0.25) is 0 Å². The smallest absolute Gasteiger partial charge is 0.301 e. The van der Waals surface area contributed by atoms with Crippen LogP contribution in [0.2, 0.25) is 0 Å². The van der Waals surface area contributed by atoms with Crippen LogP contribution in [0.15, 0.2) is 158 Å². The summed E-state index contributed by atoms with van der Waals surface area (Å²) in [5.74, 6) is 0.359. The van der Waals surface area contributed by atoms with Gasteiger partial charge >= 0.3 is 20.4 Å². The zero-order valence-corrected chi connectivity index (χ0v) is 43.4. The molecule has 0 atom stereocenters. The number of hydrogen-bond donors (Lipinski definition) is 2. The molecule has 2 N–H and O–H groups in total. The van der Waals surface area contributed by atoms with Gasteiger partial charge in [-0.2, -0.15) is 25.4 Å². The maximum atomic E-state index is 14.0. The minimum atomic E-state index is -3.89. The number of anilines is 2. The maximum Gasteiger partial charge on any atom is 0.301 e. The topological polar surface area (TPSA) is 158 Å². The molecule has 0 aromatic heterocycles. The number of rotatable bonds is 31. The van der Waals surface area contributed by atoms with E-state index in [1.807, 2.05) is 121 Å². The summed E-state index contributed by atoms with van der Waals surface area (Å²) >= 11 is 0. The standard InChI is InChI=1S/C56H68N6O8S2/c1-59(2)71(65,66)57-51-37-49(31-33-55(51)69-43-47-27-17-11-18-28-47)53(63)41-61(39-45-23-13-9-14-24-45)35-21-7-5-6-8-22-36-62(40-46-25-15-10-16-26-46)42-54(64)50-32-34-56(70-44-48-29-19-12-20-30-48)52(38-50)58-72(67,68)60(3)4/h9-20,23-34,37-38,57-58H,5-8,21-22,35-36,39-44H2,1-4H3. The number of ether oxygens (including phenoxy) is 2. The monoisotopic (exact) mass is 1020 g/mol. The molecule has 0 unspecified atom stereocenters. The Kier molecular flexibility index (Phi) is 20.9. The first kappa shape index (κ1) is 54.9. The van der Waals surface area contributed by atoms with Crippen molar-refractivity contribution >= 4 is 43.4 Å². The molecule has 0 bridgehead atoms. The second kappa shape index (κ2) is 27.4. The molecule has 6 rings (SSSR count). The van der Waals surface area contributed by atoms with Crippen LogP contribution < -0.4 is 18.9 Å². The average Bonchev–Trinajstić information content (AvgIpc) is 3.37. The molecule has 0 aliphatic carbocycles. The van der Waals surface area contributed by atoms with Crippen LogP contribution >= 0.6 is 0 Å². The molecule has 14 nitrogen and oxygen atoms in total. The highest BCUT2D eigenvalue weighted by Crippen LogP contribution is 2.30. The Morgan fingerprint density at radius 3 is 1.08 bits per heavy atom. The van der Waals surface area contributed by atoms with Crippen molar-refractivity contribution < 1.29 is 35.9 Å². The molecule has 0 radical (unpaired) electrons. The summed E-state index contributed by atoms with van der Waals surface area (Å²) in [4.78, 5) is 32.2. The molecular formula is C56H68N6O8S2. The van der Waals surface area contributed by atoms with Crippen LogP contribution in [-0.4, -0.2) is 101 Å². The maximum absolute atomic E-state index is 14.0. The van der Waals surface area contributed by atoms with Crippen LogP contribution in [0, 0.1) is 0 Å². The van der Waals surface area contributed by atoms with Gasteiger partial charge in [-0.05, 0) is 84.6 Å². The minimum Gasteiger partial charge on any atom is -0.487 e. The molecule has 72 heavy (non-hydrogen) atoms. The predicted molar refractivity (Wildman–Crippen MR) is 287 cm³/mol. The van der Waals surface area contributed by atoms with Crippen LogP contribution in [-0.2, 0) is 46.7 Å². The second-order valence-corrected chi connectivity index (χ2v) is 21.9. The van der Waals surface area contributed by atoms with Crippen molar-refractivity contribution in [3.63, 3.8) is 0 Å². The minimum absolute atomic E-state index is 0.136. The first-order valence-electron chi connectivity index (χ1n) is 24.3. The van der Waals surface area contributed by atoms with E-state index in [9.17, 15) is 26.4 Å². The van der Waals surface area contributed by atoms with Gasteiger partial charge in [-0.25, -0.2) is 0 Å². The van der Waals surface area contributed by atoms with Crippen LogP contribution in [0.1, 0.15) is 81.5 Å². The fraction of sp³-hybridized carbons (Fsp3) is 0.321. The van der Waals surface area contributed by atoms with Gasteiger partial charge in [0.05, 0.1) is 24.5 Å². The van der Waals surface area contributed by atoms with Gasteiger partial charge in [-0.15, -0.1) is 0 Å². The Bertz CT molecular complexity index is 2660. The van der Waals surface area contributed by atoms with Crippen molar-refractivity contribution in [2.75, 3.05) is 63.8 Å². The van der Waals surface area contributed by atoms with E-state index in [0.29, 0.717) is 48.8 Å². The quantitative estimate of drug-likeness (QED) is 0.0317. The molecule has 6 aromatic rings. The summed E-state index contributed by atoms with van der Waals surface area (Å²) in [6.45, 7) is 3.31. The lowest BCUT2D eigenvalue weighted by atomic mass is 10.1. The summed E-state index contributed by atoms with van der Waals surface area (Å²) in [5, 5.41) is 0. The lowest BCUT2D eigenvalue weighted by Crippen LogP contribution is -2.31. The van der Waals surface area contributed by atoms with Gasteiger partial charge in [-0.1, -0.05) is 147 Å². The van der Waals surface area contributed by atoms with E-state index in [2.05, 4.69) is 19.2 Å². The Balaban J connectivity index is 1.04. The zero-order chi connectivity index (χ0) is 51.4. The van der Waals surface area contributed by atoms with Crippen LogP contribution in [0.5, 0.6) is 11.5 Å². The highest BCUT2D eigenvalue weighted by Gasteiger charge is 2.22. The normalized spacial score (nSPS) is 11.8. The first-order valence-corrected chi connectivity index (χ1v) is 27.1. The van der Waals surface area contributed by atoms with Crippen molar-refractivity contribution in [2.45, 2.75) is 64.8 Å². The molecular weight excluding hydrogens is 949 g/mol. The number of unbranched alkanes of at least 4 members (excludes halogenated alkanes) is 5. The number of benzene rings is 6. The Morgan fingerprint density at radius 1 is 0.431 bits per heavy atom. The van der Waals surface area contributed by atoms with E-state index in [-0.39, 0.29) is 49.2 Å². The molecule has 0 heterocycles. The third-order valence-corrected chi connectivity index (χ3v) is 14.8. The van der Waals surface area contributed by atoms with Crippen LogP contribution in [0.4, 0.5) is 11.4 Å². The van der Waals surface area contributed by atoms with E-state index >= 15 is 0 Å². The molecule has 0 fully saturated rings. The van der Waals surface area contributed by atoms with E-state index < -0.39 is 20.4 Å². The highest BCUT2D eigenvalue weighted by atomic mass is 32.2. The largest absolute Gasteiger partial charge is 0.487 e. The molecule has 0 saturated heterocycles. The summed E-state index contributed by atoms with van der Waals surface area (Å²) in [6, 6.07) is 48.9. The van der Waals surface area contributed by atoms with E-state index in [1.165, 1.54) is 28.2 Å². The number of ketones is 2. The van der Waals surface area contributed by atoms with Gasteiger partial charge < -0.3 is 9.47 Å². The van der Waals surface area contributed by atoms with Gasteiger partial charge in [0.1, 0.15) is 24.7 Å². The molecule has 16 heteroatoms. The number of nitrogens with one attached hydrogen (secondary N) is 2. The number of Topliss-reactive ketones (excluding diaryl/α,β-unsaturated/α-hetero) is 2. The van der Waals surface area contributed by atoms with Crippen LogP contribution in [0.3, 0.4) is 0 Å². The fourth-order valence-electron chi connectivity index (χ4n) is 7.83. The van der Waals surface area contributed by atoms with E-state index in [1.54, 1.807) is 36.4 Å². The SMILES string of the molecule is CN(C)S(=O)(=O)Nc1cc(C(=O)CN(CCCCCCCCN(CC(=O)c2ccc(OCc3ccccc3)c(NS(=O)(=O)N(C)C)c2)Cc2ccccc2)Cc2ccccc2)ccc1OCc1ccccc1. The average molecular weight is 1020 g/mol. The summed E-state index contributed by atoms with van der Waals surface area (Å²) in [6.07, 6.45) is 5.74. The van der Waals surface area contributed by atoms with Crippen molar-refractivity contribution in [1.82, 2.24) is 18.4 Å². The number of carbonyl (C=O) groups excluding carboxylic acids is 2. The Morgan fingerprint density at radius 2 is 0.750 bits per heavy atom. The van der Waals surface area contributed by atoms with Gasteiger partial charge in [-0.3, -0.25) is 28.8 Å². The number of carbonyl (C=O) groups is 2. The third-order valence-electron chi connectivity index (χ3n) is 11.9. The molecule has 0 saturated carbocycles. The molecule has 0 aliphatic heterocycles. The highest BCUT2D eigenvalue weighted by molar-refractivity contribution is 7.90. The molecule has 0 amide bonds. The summed E-state index contributed by atoms with van der Waals surface area (Å²) in [5.41, 5.74) is 5.14. The Hall–Kier alpha value is -6.40. The van der Waals surface area contributed by atoms with Crippen LogP contribution in [0.25, 0.3) is 0 Å². The number of nitrogens with zero attached hydrogens (tertiary/aromatic N) is 4. The summed E-state index contributed by atoms with van der Waals surface area (Å²) in [7, 11) is -2.05. The van der Waals surface area contributed by atoms with Gasteiger partial charge in [0.15, 0.2) is 11.6 Å². The van der Waals surface area contributed by atoms with Crippen molar-refractivity contribution in [3.05, 3.63) is 191 Å². The van der Waals surface area contributed by atoms with Crippen molar-refractivity contribution in [3.8, 4) is 11.5 Å². The summed E-state index contributed by atoms with van der Waals surface area (Å²) < 4.78 is 71.2. The molecule has 0 spiro atoms. The van der Waals surface area contributed by atoms with Gasteiger partial charge in [0, 0.05) is 52.4 Å². The zero-order valence-electron chi connectivity index (χ0n) is 41.8. The lowest BCUT2D eigenvalue weighted by molar-refractivity contribution is 0.0915. The first-order chi connectivity index (χ1) is 34.6. The second-order valence-electron chi connectivity index (χ2n) is 18.1. The third kappa shape index (κ3) is 17.7. The lowest BCUT2D eigenvalue weighted by Gasteiger charge is -2.23. The molecule has 0 aliphatic rings. The van der Waals surface area contributed by atoms with Gasteiger partial charge in [0.25, 0.3) is 0 Å². The number of hydrogen-bond acceptors (Lipinski definition) is 10. The Labute approximate surface area is 426 Å². The van der Waals surface area contributed by atoms with Crippen molar-refractivity contribution in [2.24, 2.45) is 0 Å². The fourth-order valence-corrected chi connectivity index (χ4v) is 9.07. The van der Waals surface area contributed by atoms with E-state index in [4.69, 9.17) is 9.47 Å².